The number of amides is 1. The van der Waals surface area contributed by atoms with Gasteiger partial charge in [-0.1, -0.05) is 0 Å². The monoisotopic (exact) mass is 272 g/mol. The molecule has 0 radical (unpaired) electrons. The highest BCUT2D eigenvalue weighted by Crippen LogP contribution is 2.18. The number of hydrogen-bond acceptors (Lipinski definition) is 3. The number of nitrogens with zero attached hydrogens (tertiary/aromatic N) is 3. The molecule has 0 saturated carbocycles. The van der Waals surface area contributed by atoms with Gasteiger partial charge in [0.25, 0.3) is 11.5 Å². The molecule has 0 aliphatic carbocycles. The minimum absolute atomic E-state index is 0.0391. The van der Waals surface area contributed by atoms with E-state index < -0.39 is 0 Å². The van der Waals surface area contributed by atoms with Crippen molar-refractivity contribution in [3.8, 4) is 0 Å². The third kappa shape index (κ3) is 2.03. The summed E-state index contributed by atoms with van der Waals surface area (Å²) in [5.74, 6) is 0.312. The summed E-state index contributed by atoms with van der Waals surface area (Å²) in [6, 6.07) is 4.87. The zero-order chi connectivity index (χ0) is 14.3. The molecule has 0 spiro atoms. The third-order valence-corrected chi connectivity index (χ3v) is 3.69. The number of aromatic nitrogens is 3. The summed E-state index contributed by atoms with van der Waals surface area (Å²) in [5, 5.41) is 6.99. The molecule has 2 aromatic rings. The van der Waals surface area contributed by atoms with Crippen LogP contribution in [0.2, 0.25) is 0 Å². The van der Waals surface area contributed by atoms with Gasteiger partial charge in [-0.3, -0.25) is 14.3 Å². The topological polar surface area (TPSA) is 68.9 Å². The average molecular weight is 272 g/mol. The van der Waals surface area contributed by atoms with Gasteiger partial charge in [-0.05, 0) is 25.8 Å². The predicted octanol–water partition coefficient (Wildman–Crippen LogP) is 1.09. The molecule has 0 saturated heterocycles. The molecular weight excluding hydrogens is 256 g/mol. The van der Waals surface area contributed by atoms with E-state index in [0.29, 0.717) is 17.9 Å². The van der Waals surface area contributed by atoms with Crippen LogP contribution in [-0.4, -0.2) is 20.3 Å². The highest BCUT2D eigenvalue weighted by molar-refractivity contribution is 6.04. The van der Waals surface area contributed by atoms with Crippen LogP contribution in [0.5, 0.6) is 0 Å². The molecule has 0 aromatic carbocycles. The number of nitrogens with one attached hydrogen (secondary N) is 1. The average Bonchev–Trinajstić information content (AvgIpc) is 2.98. The minimum atomic E-state index is -0.214. The second-order valence-electron chi connectivity index (χ2n) is 5.04. The first kappa shape index (κ1) is 12.7. The molecule has 0 fully saturated rings. The SMILES string of the molecule is Cc1cc(NC(=O)c2ccc(=O)n3c2CCC3)nn1C. The van der Waals surface area contributed by atoms with E-state index in [-0.39, 0.29) is 11.5 Å². The van der Waals surface area contributed by atoms with E-state index in [1.54, 1.807) is 15.3 Å². The van der Waals surface area contributed by atoms with Gasteiger partial charge < -0.3 is 9.88 Å². The summed E-state index contributed by atoms with van der Waals surface area (Å²) in [6.45, 7) is 2.61. The normalized spacial score (nSPS) is 13.3. The number of anilines is 1. The van der Waals surface area contributed by atoms with E-state index in [4.69, 9.17) is 0 Å². The van der Waals surface area contributed by atoms with Gasteiger partial charge in [0.15, 0.2) is 5.82 Å². The Kier molecular flexibility index (Phi) is 2.93. The van der Waals surface area contributed by atoms with Gasteiger partial charge in [0.1, 0.15) is 0 Å². The Balaban J connectivity index is 1.92. The zero-order valence-corrected chi connectivity index (χ0v) is 11.5. The van der Waals surface area contributed by atoms with Gasteiger partial charge in [-0.25, -0.2) is 0 Å². The number of carbonyl (C=O) groups is 1. The number of fused-ring (bicyclic) bond motifs is 1. The smallest absolute Gasteiger partial charge is 0.258 e. The molecule has 0 unspecified atom stereocenters. The summed E-state index contributed by atoms with van der Waals surface area (Å²) < 4.78 is 3.38. The van der Waals surface area contributed by atoms with Crippen molar-refractivity contribution in [2.75, 3.05) is 5.32 Å². The Morgan fingerprint density at radius 3 is 2.90 bits per heavy atom. The van der Waals surface area contributed by atoms with Gasteiger partial charge in [0, 0.05) is 37.1 Å². The molecule has 1 N–H and O–H groups in total. The molecule has 3 rings (SSSR count). The van der Waals surface area contributed by atoms with E-state index in [9.17, 15) is 9.59 Å². The Morgan fingerprint density at radius 1 is 1.40 bits per heavy atom. The molecule has 1 amide bonds. The predicted molar refractivity (Wildman–Crippen MR) is 74.9 cm³/mol. The lowest BCUT2D eigenvalue weighted by Gasteiger charge is -2.08. The minimum Gasteiger partial charge on any atom is -0.312 e. The molecule has 6 heteroatoms. The summed E-state index contributed by atoms with van der Waals surface area (Å²) >= 11 is 0. The Morgan fingerprint density at radius 2 is 2.20 bits per heavy atom. The second-order valence-corrected chi connectivity index (χ2v) is 5.04. The molecule has 1 aliphatic heterocycles. The highest BCUT2D eigenvalue weighted by Gasteiger charge is 2.20. The Bertz CT molecular complexity index is 723. The van der Waals surface area contributed by atoms with E-state index in [2.05, 4.69) is 10.4 Å². The van der Waals surface area contributed by atoms with Crippen LogP contribution in [0.3, 0.4) is 0 Å². The maximum Gasteiger partial charge on any atom is 0.258 e. The van der Waals surface area contributed by atoms with Gasteiger partial charge in [0.05, 0.1) is 5.56 Å². The van der Waals surface area contributed by atoms with Crippen LogP contribution in [0.15, 0.2) is 23.0 Å². The fourth-order valence-corrected chi connectivity index (χ4v) is 2.55. The lowest BCUT2D eigenvalue weighted by atomic mass is 10.1. The van der Waals surface area contributed by atoms with Crippen LogP contribution in [-0.2, 0) is 20.0 Å². The van der Waals surface area contributed by atoms with E-state index >= 15 is 0 Å². The molecule has 104 valence electrons. The lowest BCUT2D eigenvalue weighted by Crippen LogP contribution is -2.23. The molecule has 6 nitrogen and oxygen atoms in total. The Labute approximate surface area is 116 Å². The summed E-state index contributed by atoms with van der Waals surface area (Å²) in [6.07, 6.45) is 1.67. The van der Waals surface area contributed by atoms with Crippen molar-refractivity contribution in [3.05, 3.63) is 45.5 Å². The van der Waals surface area contributed by atoms with Crippen LogP contribution < -0.4 is 10.9 Å². The van der Waals surface area contributed by atoms with E-state index in [1.165, 1.54) is 6.07 Å². The van der Waals surface area contributed by atoms with Crippen molar-refractivity contribution < 1.29 is 4.79 Å². The number of hydrogen-bond donors (Lipinski definition) is 1. The fraction of sp³-hybridized carbons (Fsp3) is 0.357. The largest absolute Gasteiger partial charge is 0.312 e. The van der Waals surface area contributed by atoms with Gasteiger partial charge in [0.2, 0.25) is 0 Å². The van der Waals surface area contributed by atoms with Gasteiger partial charge >= 0.3 is 0 Å². The third-order valence-electron chi connectivity index (χ3n) is 3.69. The quantitative estimate of drug-likeness (QED) is 0.889. The fourth-order valence-electron chi connectivity index (χ4n) is 2.55. The number of rotatable bonds is 2. The van der Waals surface area contributed by atoms with Crippen LogP contribution in [0.4, 0.5) is 5.82 Å². The van der Waals surface area contributed by atoms with Crippen molar-refractivity contribution in [3.63, 3.8) is 0 Å². The van der Waals surface area contributed by atoms with Crippen molar-refractivity contribution in [1.82, 2.24) is 14.3 Å². The second kappa shape index (κ2) is 4.63. The van der Waals surface area contributed by atoms with Crippen LogP contribution in [0, 0.1) is 6.92 Å². The standard InChI is InChI=1S/C14H16N4O2/c1-9-8-12(16-17(9)2)15-14(20)10-5-6-13(19)18-7-3-4-11(10)18/h5-6,8H,3-4,7H2,1-2H3,(H,15,16,20). The summed E-state index contributed by atoms with van der Waals surface area (Å²) in [7, 11) is 1.82. The first-order valence-corrected chi connectivity index (χ1v) is 6.61. The summed E-state index contributed by atoms with van der Waals surface area (Å²) in [5.41, 5.74) is 2.31. The van der Waals surface area contributed by atoms with Crippen molar-refractivity contribution in [2.24, 2.45) is 7.05 Å². The molecule has 0 atom stereocenters. The molecule has 3 heterocycles. The van der Waals surface area contributed by atoms with E-state index in [1.807, 2.05) is 20.0 Å². The van der Waals surface area contributed by atoms with E-state index in [0.717, 1.165) is 24.2 Å². The lowest BCUT2D eigenvalue weighted by molar-refractivity contribution is 0.102. The highest BCUT2D eigenvalue weighted by atomic mass is 16.2. The molecule has 20 heavy (non-hydrogen) atoms. The summed E-state index contributed by atoms with van der Waals surface area (Å²) in [4.78, 5) is 24.0. The first-order chi connectivity index (χ1) is 9.56. The van der Waals surface area contributed by atoms with Crippen molar-refractivity contribution >= 4 is 11.7 Å². The molecule has 0 bridgehead atoms. The van der Waals surface area contributed by atoms with Crippen molar-refractivity contribution in [1.29, 1.82) is 0 Å². The molecule has 2 aromatic heterocycles. The Hall–Kier alpha value is -2.37. The van der Waals surface area contributed by atoms with Gasteiger partial charge in [-0.2, -0.15) is 5.10 Å². The molecular formula is C14H16N4O2. The first-order valence-electron chi connectivity index (χ1n) is 6.61. The maximum atomic E-state index is 12.3. The van der Waals surface area contributed by atoms with Crippen molar-refractivity contribution in [2.45, 2.75) is 26.3 Å². The number of pyridine rings is 1. The maximum absolute atomic E-state index is 12.3. The zero-order valence-electron chi connectivity index (χ0n) is 11.5. The van der Waals surface area contributed by atoms with Gasteiger partial charge in [-0.15, -0.1) is 0 Å². The number of aryl methyl sites for hydroxylation is 2. The van der Waals surface area contributed by atoms with Crippen LogP contribution in [0.1, 0.15) is 28.2 Å². The van der Waals surface area contributed by atoms with Crippen LogP contribution in [0.25, 0.3) is 0 Å². The number of carbonyl (C=O) groups excluding carboxylic acids is 1. The van der Waals surface area contributed by atoms with Crippen LogP contribution >= 0.6 is 0 Å². The molecule has 1 aliphatic rings.